The number of nitrogens with one attached hydrogen (secondary N) is 3. The molecule has 34 heavy (non-hydrogen) atoms. The van der Waals surface area contributed by atoms with E-state index in [-0.39, 0.29) is 18.8 Å². The fourth-order valence-corrected chi connectivity index (χ4v) is 2.89. The predicted molar refractivity (Wildman–Crippen MR) is 119 cm³/mol. The molecule has 0 spiro atoms. The van der Waals surface area contributed by atoms with Gasteiger partial charge in [-0.2, -0.15) is 0 Å². The molecule has 0 fully saturated rings. The van der Waals surface area contributed by atoms with Crippen LogP contribution in [0.3, 0.4) is 0 Å². The van der Waals surface area contributed by atoms with Gasteiger partial charge in [0.25, 0.3) is 0 Å². The smallest absolute Gasteiger partial charge is 0.326 e. The molecule has 0 heterocycles. The van der Waals surface area contributed by atoms with Gasteiger partial charge in [-0.3, -0.25) is 24.0 Å². The van der Waals surface area contributed by atoms with Crippen LogP contribution in [0.15, 0.2) is 0 Å². The van der Waals surface area contributed by atoms with Crippen LogP contribution in [0.1, 0.15) is 59.8 Å². The molecule has 0 rings (SSSR count). The van der Waals surface area contributed by atoms with Crippen LogP contribution in [0.4, 0.5) is 0 Å². The Morgan fingerprint density at radius 3 is 1.62 bits per heavy atom. The van der Waals surface area contributed by atoms with Crippen molar-refractivity contribution < 1.29 is 44.1 Å². The average Bonchev–Trinajstić information content (AvgIpc) is 2.75. The van der Waals surface area contributed by atoms with Crippen molar-refractivity contribution in [2.24, 2.45) is 17.6 Å². The summed E-state index contributed by atoms with van der Waals surface area (Å²) in [6.45, 7) is 6.75. The summed E-state index contributed by atoms with van der Waals surface area (Å²) >= 11 is 0. The highest BCUT2D eigenvalue weighted by molar-refractivity contribution is 5.94. The molecule has 3 amide bonds. The Morgan fingerprint density at radius 1 is 0.735 bits per heavy atom. The highest BCUT2D eigenvalue weighted by Crippen LogP contribution is 2.09. The molecule has 0 aliphatic carbocycles. The van der Waals surface area contributed by atoms with Crippen molar-refractivity contribution in [3.05, 3.63) is 0 Å². The molecular formula is C21H36N4O9. The summed E-state index contributed by atoms with van der Waals surface area (Å²) in [6.07, 6.45) is -0.951. The molecule has 0 aromatic carbocycles. The van der Waals surface area contributed by atoms with Crippen molar-refractivity contribution in [1.29, 1.82) is 0 Å². The van der Waals surface area contributed by atoms with Crippen LogP contribution in [0, 0.1) is 11.8 Å². The monoisotopic (exact) mass is 488 g/mol. The van der Waals surface area contributed by atoms with Crippen LogP contribution in [-0.4, -0.2) is 75.1 Å². The number of amides is 3. The third kappa shape index (κ3) is 11.1. The van der Waals surface area contributed by atoms with E-state index in [4.69, 9.17) is 15.9 Å². The van der Waals surface area contributed by atoms with Crippen LogP contribution in [-0.2, 0) is 28.8 Å². The van der Waals surface area contributed by atoms with Crippen molar-refractivity contribution in [2.45, 2.75) is 84.0 Å². The minimum absolute atomic E-state index is 0.198. The Bertz CT molecular complexity index is 757. The Balaban J connectivity index is 5.52. The molecule has 5 atom stereocenters. The maximum absolute atomic E-state index is 12.9. The highest BCUT2D eigenvalue weighted by atomic mass is 16.4. The summed E-state index contributed by atoms with van der Waals surface area (Å²) < 4.78 is 0. The largest absolute Gasteiger partial charge is 0.481 e. The predicted octanol–water partition coefficient (Wildman–Crippen LogP) is -0.716. The number of carbonyl (C=O) groups excluding carboxylic acids is 3. The van der Waals surface area contributed by atoms with E-state index < -0.39 is 78.6 Å². The van der Waals surface area contributed by atoms with Gasteiger partial charge in [-0.25, -0.2) is 4.79 Å². The van der Waals surface area contributed by atoms with E-state index >= 15 is 0 Å². The number of rotatable bonds is 16. The van der Waals surface area contributed by atoms with Gasteiger partial charge in [0.15, 0.2) is 0 Å². The standard InChI is InChI=1S/C21H36N4O9/c1-5-11(4)16(22)19(31)23-12(6-8-14(26)27)18(30)25-17(10(2)3)20(32)24-13(21(33)34)7-9-15(28)29/h10-13,16-17H,5-9,22H2,1-4H3,(H,23,31)(H,24,32)(H,25,30)(H,26,27)(H,28,29)(H,33,34). The van der Waals surface area contributed by atoms with E-state index in [0.29, 0.717) is 6.42 Å². The zero-order valence-corrected chi connectivity index (χ0v) is 19.9. The number of carboxylic acid groups (broad SMARTS) is 3. The van der Waals surface area contributed by atoms with E-state index in [1.807, 2.05) is 6.92 Å². The lowest BCUT2D eigenvalue weighted by Gasteiger charge is -2.27. The molecular weight excluding hydrogens is 452 g/mol. The lowest BCUT2D eigenvalue weighted by Crippen LogP contribution is -2.58. The zero-order chi connectivity index (χ0) is 26.6. The summed E-state index contributed by atoms with van der Waals surface area (Å²) in [6, 6.07) is -4.95. The van der Waals surface area contributed by atoms with Gasteiger partial charge in [0.05, 0.1) is 6.04 Å². The van der Waals surface area contributed by atoms with E-state index in [1.54, 1.807) is 20.8 Å². The summed E-state index contributed by atoms with van der Waals surface area (Å²) in [4.78, 5) is 71.1. The molecule has 0 aromatic rings. The molecule has 0 aliphatic rings. The van der Waals surface area contributed by atoms with Gasteiger partial charge < -0.3 is 37.0 Å². The molecule has 0 aliphatic heterocycles. The number of hydrogen-bond acceptors (Lipinski definition) is 7. The number of nitrogens with two attached hydrogens (primary N) is 1. The zero-order valence-electron chi connectivity index (χ0n) is 19.9. The third-order valence-electron chi connectivity index (χ3n) is 5.35. The minimum Gasteiger partial charge on any atom is -0.481 e. The normalized spacial score (nSPS) is 15.4. The van der Waals surface area contributed by atoms with Crippen molar-refractivity contribution in [3.63, 3.8) is 0 Å². The lowest BCUT2D eigenvalue weighted by atomic mass is 9.98. The SMILES string of the molecule is CCC(C)C(N)C(=O)NC(CCC(=O)O)C(=O)NC(C(=O)NC(CCC(=O)O)C(=O)O)C(C)C. The summed E-state index contributed by atoms with van der Waals surface area (Å²) in [5.41, 5.74) is 5.88. The average molecular weight is 489 g/mol. The van der Waals surface area contributed by atoms with Gasteiger partial charge in [-0.15, -0.1) is 0 Å². The first-order valence-corrected chi connectivity index (χ1v) is 11.0. The number of aliphatic carboxylic acids is 3. The first-order chi connectivity index (χ1) is 15.7. The van der Waals surface area contributed by atoms with Gasteiger partial charge in [0.1, 0.15) is 18.1 Å². The second-order valence-electron chi connectivity index (χ2n) is 8.47. The minimum atomic E-state index is -1.49. The third-order valence-corrected chi connectivity index (χ3v) is 5.35. The Hall–Kier alpha value is -3.22. The van der Waals surface area contributed by atoms with E-state index in [2.05, 4.69) is 16.0 Å². The van der Waals surface area contributed by atoms with E-state index in [9.17, 15) is 33.9 Å². The summed E-state index contributed by atoms with van der Waals surface area (Å²) in [5.74, 6) is -6.93. The van der Waals surface area contributed by atoms with Crippen LogP contribution in [0.5, 0.6) is 0 Å². The Labute approximate surface area is 197 Å². The Kier molecular flexibility index (Phi) is 13.4. The maximum Gasteiger partial charge on any atom is 0.326 e. The molecule has 8 N–H and O–H groups in total. The van der Waals surface area contributed by atoms with Crippen LogP contribution < -0.4 is 21.7 Å². The lowest BCUT2D eigenvalue weighted by molar-refractivity contribution is -0.143. The molecule has 13 heteroatoms. The first-order valence-electron chi connectivity index (χ1n) is 11.0. The van der Waals surface area contributed by atoms with Gasteiger partial charge in [-0.05, 0) is 24.7 Å². The first kappa shape index (κ1) is 30.8. The Morgan fingerprint density at radius 2 is 1.21 bits per heavy atom. The second kappa shape index (κ2) is 14.8. The molecule has 0 saturated carbocycles. The van der Waals surface area contributed by atoms with Crippen molar-refractivity contribution in [3.8, 4) is 0 Å². The number of carbonyl (C=O) groups is 6. The molecule has 0 saturated heterocycles. The molecule has 0 aromatic heterocycles. The molecule has 0 bridgehead atoms. The maximum atomic E-state index is 12.9. The van der Waals surface area contributed by atoms with Crippen LogP contribution >= 0.6 is 0 Å². The van der Waals surface area contributed by atoms with Gasteiger partial charge in [0, 0.05) is 12.8 Å². The van der Waals surface area contributed by atoms with E-state index in [1.165, 1.54) is 0 Å². The summed E-state index contributed by atoms with van der Waals surface area (Å²) in [5, 5.41) is 34.1. The van der Waals surface area contributed by atoms with Crippen LogP contribution in [0.2, 0.25) is 0 Å². The highest BCUT2D eigenvalue weighted by Gasteiger charge is 2.32. The molecule has 13 nitrogen and oxygen atoms in total. The molecule has 194 valence electrons. The van der Waals surface area contributed by atoms with Gasteiger partial charge >= 0.3 is 17.9 Å². The van der Waals surface area contributed by atoms with Gasteiger partial charge in [0.2, 0.25) is 17.7 Å². The van der Waals surface area contributed by atoms with Crippen molar-refractivity contribution >= 4 is 35.6 Å². The number of carboxylic acids is 3. The molecule has 0 radical (unpaired) electrons. The topological polar surface area (TPSA) is 225 Å². The van der Waals surface area contributed by atoms with Crippen LogP contribution in [0.25, 0.3) is 0 Å². The number of hydrogen-bond donors (Lipinski definition) is 7. The van der Waals surface area contributed by atoms with E-state index in [0.717, 1.165) is 0 Å². The fourth-order valence-electron chi connectivity index (χ4n) is 2.89. The second-order valence-corrected chi connectivity index (χ2v) is 8.47. The summed E-state index contributed by atoms with van der Waals surface area (Å²) in [7, 11) is 0. The quantitative estimate of drug-likeness (QED) is 0.144. The fraction of sp³-hybridized carbons (Fsp3) is 0.714. The molecule has 5 unspecified atom stereocenters. The van der Waals surface area contributed by atoms with Gasteiger partial charge in [-0.1, -0.05) is 34.1 Å². The van der Waals surface area contributed by atoms with Crippen molar-refractivity contribution in [2.75, 3.05) is 0 Å². The van der Waals surface area contributed by atoms with Crippen molar-refractivity contribution in [1.82, 2.24) is 16.0 Å².